The second-order valence-corrected chi connectivity index (χ2v) is 11.3. The Kier molecular flexibility index (Phi) is 5.26. The largest absolute Gasteiger partial charge is 0.120 e. The van der Waals surface area contributed by atoms with E-state index in [0.717, 1.165) is 0 Å². The smallest absolute Gasteiger partial charge is 0.00137 e. The van der Waals surface area contributed by atoms with Crippen molar-refractivity contribution in [2.45, 2.75) is 0 Å². The molecule has 0 atom stereocenters. The first-order chi connectivity index (χ1) is 21.4. The summed E-state index contributed by atoms with van der Waals surface area (Å²) in [5, 5.41) is 12.7. The van der Waals surface area contributed by atoms with Gasteiger partial charge in [0.1, 0.15) is 0 Å². The number of hydrogen-bond donors (Lipinski definition) is 0. The maximum atomic E-state index is 3.47. The highest BCUT2D eigenvalue weighted by Gasteiger charge is 2.23. The molecule has 0 nitrogen and oxygen atoms in total. The number of allylic oxidation sites excluding steroid dienone is 2. The number of rotatable bonds is 2. The van der Waals surface area contributed by atoms with E-state index in [1.54, 1.807) is 0 Å². The minimum atomic E-state index is 1.20. The molecule has 0 radical (unpaired) electrons. The SMILES string of the molecule is C1=CC=Cc2c(c(-c3cc4ccccc4c4ccccc34)c3ccccc3c2-c2cc3ccccc3c3ccccc23)C=1. The fourth-order valence-electron chi connectivity index (χ4n) is 7.24. The van der Waals surface area contributed by atoms with Crippen LogP contribution in [0.1, 0.15) is 11.1 Å². The molecule has 0 heterocycles. The maximum Gasteiger partial charge on any atom is -0.00137 e. The summed E-state index contributed by atoms with van der Waals surface area (Å²) in [6.07, 6.45) is 8.62. The molecule has 0 saturated heterocycles. The van der Waals surface area contributed by atoms with E-state index >= 15 is 0 Å². The molecule has 1 aliphatic rings. The molecule has 9 rings (SSSR count). The molecule has 0 bridgehead atoms. The third-order valence-electron chi connectivity index (χ3n) is 9.05. The van der Waals surface area contributed by atoms with Crippen LogP contribution in [0, 0.1) is 0 Å². The summed E-state index contributed by atoms with van der Waals surface area (Å²) in [5.74, 6) is 0. The molecule has 0 spiro atoms. The number of benzene rings is 8. The Morgan fingerprint density at radius 1 is 0.372 bits per heavy atom. The normalized spacial score (nSPS) is 12.5. The van der Waals surface area contributed by atoms with Crippen molar-refractivity contribution >= 4 is 66.0 Å². The second-order valence-electron chi connectivity index (χ2n) is 11.3. The lowest BCUT2D eigenvalue weighted by Gasteiger charge is -2.22. The van der Waals surface area contributed by atoms with Gasteiger partial charge in [-0.1, -0.05) is 133 Å². The average molecular weight is 543 g/mol. The highest BCUT2D eigenvalue weighted by Crippen LogP contribution is 2.48. The highest BCUT2D eigenvalue weighted by molar-refractivity contribution is 6.22. The van der Waals surface area contributed by atoms with Gasteiger partial charge in [-0.2, -0.15) is 0 Å². The van der Waals surface area contributed by atoms with Crippen LogP contribution in [0.3, 0.4) is 0 Å². The lowest BCUT2D eigenvalue weighted by molar-refractivity contribution is 1.62. The second kappa shape index (κ2) is 9.43. The summed E-state index contributed by atoms with van der Waals surface area (Å²) < 4.78 is 0. The van der Waals surface area contributed by atoms with Gasteiger partial charge in [0.15, 0.2) is 0 Å². The Morgan fingerprint density at radius 3 is 1.33 bits per heavy atom. The van der Waals surface area contributed by atoms with E-state index in [9.17, 15) is 0 Å². The fraction of sp³-hybridized carbons (Fsp3) is 0. The topological polar surface area (TPSA) is 0 Å². The maximum absolute atomic E-state index is 3.47. The van der Waals surface area contributed by atoms with Gasteiger partial charge in [0.05, 0.1) is 0 Å². The molecule has 0 heteroatoms. The molecule has 8 aromatic rings. The molecule has 0 aliphatic heterocycles. The van der Waals surface area contributed by atoms with Crippen molar-refractivity contribution in [1.82, 2.24) is 0 Å². The molecule has 0 fully saturated rings. The number of fused-ring (bicyclic) bond motifs is 8. The van der Waals surface area contributed by atoms with Crippen LogP contribution in [-0.4, -0.2) is 0 Å². The molecule has 0 unspecified atom stereocenters. The summed E-state index contributed by atoms with van der Waals surface area (Å²) in [6.45, 7) is 0. The van der Waals surface area contributed by atoms with Crippen molar-refractivity contribution in [1.29, 1.82) is 0 Å². The zero-order valence-electron chi connectivity index (χ0n) is 23.5. The van der Waals surface area contributed by atoms with Gasteiger partial charge >= 0.3 is 0 Å². The zero-order chi connectivity index (χ0) is 28.3. The summed E-state index contributed by atoms with van der Waals surface area (Å²) in [7, 11) is 0. The lowest BCUT2D eigenvalue weighted by atomic mass is 9.80. The molecule has 8 aromatic carbocycles. The van der Waals surface area contributed by atoms with Crippen LogP contribution in [0.4, 0.5) is 0 Å². The quantitative estimate of drug-likeness (QED) is 0.151. The molecule has 43 heavy (non-hydrogen) atoms. The predicted molar refractivity (Wildman–Crippen MR) is 186 cm³/mol. The molecule has 0 N–H and O–H groups in total. The summed E-state index contributed by atoms with van der Waals surface area (Å²) in [5.41, 5.74) is 10.9. The molecule has 0 saturated carbocycles. The van der Waals surface area contributed by atoms with Crippen LogP contribution in [0.15, 0.2) is 151 Å². The first-order valence-corrected chi connectivity index (χ1v) is 14.9. The Labute approximate surface area is 250 Å². The van der Waals surface area contributed by atoms with Gasteiger partial charge in [0, 0.05) is 0 Å². The van der Waals surface area contributed by atoms with Crippen molar-refractivity contribution in [3.05, 3.63) is 162 Å². The Bertz CT molecular complexity index is 2530. The van der Waals surface area contributed by atoms with Gasteiger partial charge < -0.3 is 0 Å². The standard InChI is InChI=1S/C43H26/c1-2-22-36-37(23-3-1)43(41-27-29-15-5-7-17-31(29)33-19-9-11-21-35(33)41)39-25-13-12-24-38(39)42(36)40-26-28-14-4-6-16-30(28)32-18-8-10-20-34(32)40/h1-2,4-27H. The van der Waals surface area contributed by atoms with E-state index in [0.29, 0.717) is 0 Å². The molecular weight excluding hydrogens is 516 g/mol. The first kappa shape index (κ1) is 24.0. The lowest BCUT2D eigenvalue weighted by Crippen LogP contribution is -1.97. The van der Waals surface area contributed by atoms with E-state index in [1.807, 2.05) is 6.08 Å². The summed E-state index contributed by atoms with van der Waals surface area (Å²) in [6, 6.07) is 48.9. The van der Waals surface area contributed by atoms with Crippen molar-refractivity contribution in [3.8, 4) is 22.3 Å². The van der Waals surface area contributed by atoms with Crippen LogP contribution in [-0.2, 0) is 0 Å². The van der Waals surface area contributed by atoms with Crippen LogP contribution < -0.4 is 0 Å². The van der Waals surface area contributed by atoms with Gasteiger partial charge in [-0.25, -0.2) is 0 Å². The fourth-order valence-corrected chi connectivity index (χ4v) is 7.24. The number of hydrogen-bond acceptors (Lipinski definition) is 0. The van der Waals surface area contributed by atoms with Crippen molar-refractivity contribution in [2.75, 3.05) is 0 Å². The van der Waals surface area contributed by atoms with E-state index in [4.69, 9.17) is 0 Å². The van der Waals surface area contributed by atoms with Crippen LogP contribution in [0.2, 0.25) is 0 Å². The first-order valence-electron chi connectivity index (χ1n) is 14.9. The monoisotopic (exact) mass is 542 g/mol. The Hall–Kier alpha value is -5.68. The molecule has 0 aromatic heterocycles. The summed E-state index contributed by atoms with van der Waals surface area (Å²) in [4.78, 5) is 0. The van der Waals surface area contributed by atoms with Gasteiger partial charge in [0.2, 0.25) is 0 Å². The minimum Gasteiger partial charge on any atom is -0.120 e. The highest BCUT2D eigenvalue weighted by atomic mass is 14.3. The molecular formula is C43H26. The molecule has 0 amide bonds. The summed E-state index contributed by atoms with van der Waals surface area (Å²) >= 11 is 0. The molecule has 198 valence electrons. The van der Waals surface area contributed by atoms with E-state index in [2.05, 4.69) is 157 Å². The Morgan fingerprint density at radius 2 is 0.791 bits per heavy atom. The zero-order valence-corrected chi connectivity index (χ0v) is 23.5. The molecule has 1 aliphatic carbocycles. The average Bonchev–Trinajstić information content (AvgIpc) is 3.33. The Balaban J connectivity index is 1.49. The predicted octanol–water partition coefficient (Wildman–Crippen LogP) is 12.0. The van der Waals surface area contributed by atoms with E-state index < -0.39 is 0 Å². The third-order valence-corrected chi connectivity index (χ3v) is 9.05. The van der Waals surface area contributed by atoms with Crippen LogP contribution >= 0.6 is 0 Å². The van der Waals surface area contributed by atoms with Crippen molar-refractivity contribution in [2.24, 2.45) is 0 Å². The van der Waals surface area contributed by atoms with Crippen LogP contribution in [0.5, 0.6) is 0 Å². The van der Waals surface area contributed by atoms with Crippen molar-refractivity contribution in [3.63, 3.8) is 0 Å². The van der Waals surface area contributed by atoms with E-state index in [1.165, 1.54) is 87.2 Å². The van der Waals surface area contributed by atoms with Gasteiger partial charge in [-0.05, 0) is 112 Å². The third kappa shape index (κ3) is 3.58. The van der Waals surface area contributed by atoms with Gasteiger partial charge in [-0.15, -0.1) is 5.73 Å². The minimum absolute atomic E-state index is 1.20. The van der Waals surface area contributed by atoms with Crippen molar-refractivity contribution < 1.29 is 0 Å². The van der Waals surface area contributed by atoms with E-state index in [-0.39, 0.29) is 0 Å². The van der Waals surface area contributed by atoms with Gasteiger partial charge in [0.25, 0.3) is 0 Å². The van der Waals surface area contributed by atoms with Crippen LogP contribution in [0.25, 0.3) is 88.3 Å². The van der Waals surface area contributed by atoms with Gasteiger partial charge in [-0.3, -0.25) is 0 Å².